The topological polar surface area (TPSA) is 117 Å². The zero-order valence-corrected chi connectivity index (χ0v) is 21.1. The van der Waals surface area contributed by atoms with Crippen LogP contribution in [0.4, 0.5) is 0 Å². The number of amides is 1. The lowest BCUT2D eigenvalue weighted by Crippen LogP contribution is -2.32. The third-order valence-electron chi connectivity index (χ3n) is 4.74. The van der Waals surface area contributed by atoms with E-state index in [4.69, 9.17) is 16.4 Å². The lowest BCUT2D eigenvalue weighted by Gasteiger charge is -2.19. The quantitative estimate of drug-likeness (QED) is 0.185. The molecular formula is C25H35N3O5S. The third-order valence-corrected chi connectivity index (χ3v) is 6.60. The van der Waals surface area contributed by atoms with Crippen molar-refractivity contribution in [1.82, 2.24) is 9.62 Å². The first-order valence-electron chi connectivity index (χ1n) is 11.4. The fourth-order valence-electron chi connectivity index (χ4n) is 3.09. The Balaban J connectivity index is 2.47. The van der Waals surface area contributed by atoms with Gasteiger partial charge in [-0.2, -0.15) is 9.57 Å². The number of carbonyl (C=O) groups is 2. The van der Waals surface area contributed by atoms with Crippen molar-refractivity contribution < 1.29 is 22.7 Å². The summed E-state index contributed by atoms with van der Waals surface area (Å²) in [7, 11) is -3.85. The van der Waals surface area contributed by atoms with Crippen LogP contribution in [0.25, 0.3) is 0 Å². The molecule has 0 aromatic heterocycles. The Morgan fingerprint density at radius 2 is 1.74 bits per heavy atom. The van der Waals surface area contributed by atoms with Crippen molar-refractivity contribution in [2.75, 3.05) is 19.6 Å². The number of unbranched alkanes of at least 4 members (excludes halogenated alkanes) is 4. The van der Waals surface area contributed by atoms with Crippen LogP contribution >= 0.6 is 0 Å². The molecular weight excluding hydrogens is 454 g/mol. The van der Waals surface area contributed by atoms with Crippen molar-refractivity contribution in [3.05, 3.63) is 29.8 Å². The molecule has 1 aromatic carbocycles. The summed E-state index contributed by atoms with van der Waals surface area (Å²) in [6, 6.07) is 7.51. The number of ether oxygens (including phenoxy) is 1. The van der Waals surface area contributed by atoms with Gasteiger partial charge in [0.1, 0.15) is 12.1 Å². The van der Waals surface area contributed by atoms with Gasteiger partial charge < -0.3 is 10.1 Å². The number of terminal acetylenes is 1. The molecule has 0 aliphatic rings. The highest BCUT2D eigenvalue weighted by Gasteiger charge is 2.24. The number of benzene rings is 1. The summed E-state index contributed by atoms with van der Waals surface area (Å²) in [4.78, 5) is 24.0. The van der Waals surface area contributed by atoms with Gasteiger partial charge in [0.25, 0.3) is 5.91 Å². The van der Waals surface area contributed by atoms with Crippen molar-refractivity contribution in [3.63, 3.8) is 0 Å². The summed E-state index contributed by atoms with van der Waals surface area (Å²) in [6.07, 6.45) is 9.71. The number of carbonyl (C=O) groups excluding carboxylic acids is 2. The van der Waals surface area contributed by atoms with Gasteiger partial charge >= 0.3 is 5.97 Å². The molecule has 34 heavy (non-hydrogen) atoms. The first-order chi connectivity index (χ1) is 16.0. The van der Waals surface area contributed by atoms with Crippen molar-refractivity contribution >= 4 is 21.9 Å². The van der Waals surface area contributed by atoms with E-state index in [2.05, 4.69) is 11.2 Å². The molecule has 0 fully saturated rings. The highest BCUT2D eigenvalue weighted by atomic mass is 32.2. The minimum Gasteiger partial charge on any atom is -0.460 e. The normalized spacial score (nSPS) is 11.5. The predicted octanol–water partition coefficient (Wildman–Crippen LogP) is 3.64. The highest BCUT2D eigenvalue weighted by molar-refractivity contribution is 7.89. The van der Waals surface area contributed by atoms with E-state index in [1.54, 1.807) is 0 Å². The van der Waals surface area contributed by atoms with Crippen LogP contribution in [-0.4, -0.2) is 49.8 Å². The van der Waals surface area contributed by atoms with Crippen LogP contribution in [0.2, 0.25) is 0 Å². The van der Waals surface area contributed by atoms with Gasteiger partial charge in [-0.05, 0) is 64.3 Å². The maximum absolute atomic E-state index is 12.8. The summed E-state index contributed by atoms with van der Waals surface area (Å²) in [5.41, 5.74) is -0.120. The summed E-state index contributed by atoms with van der Waals surface area (Å²) in [5.74, 6) is 1.96. The van der Waals surface area contributed by atoms with Gasteiger partial charge in [0.05, 0.1) is 11.0 Å². The van der Waals surface area contributed by atoms with Crippen LogP contribution in [-0.2, 0) is 19.6 Å². The van der Waals surface area contributed by atoms with Gasteiger partial charge in [0.2, 0.25) is 10.0 Å². The van der Waals surface area contributed by atoms with Gasteiger partial charge in [-0.1, -0.05) is 12.8 Å². The summed E-state index contributed by atoms with van der Waals surface area (Å²) >= 11 is 0. The van der Waals surface area contributed by atoms with E-state index in [1.807, 2.05) is 26.8 Å². The summed E-state index contributed by atoms with van der Waals surface area (Å²) in [5, 5.41) is 11.8. The number of esters is 1. The van der Waals surface area contributed by atoms with Crippen molar-refractivity contribution in [3.8, 4) is 18.4 Å². The fraction of sp³-hybridized carbons (Fsp3) is 0.560. The predicted molar refractivity (Wildman–Crippen MR) is 130 cm³/mol. The summed E-state index contributed by atoms with van der Waals surface area (Å²) < 4.78 is 31.9. The van der Waals surface area contributed by atoms with Crippen LogP contribution in [0.15, 0.2) is 29.2 Å². The Labute approximate surface area is 203 Å². The molecule has 9 heteroatoms. The van der Waals surface area contributed by atoms with E-state index < -0.39 is 15.6 Å². The molecule has 0 aliphatic heterocycles. The molecule has 0 heterocycles. The smallest absolute Gasteiger partial charge is 0.306 e. The second-order valence-corrected chi connectivity index (χ2v) is 10.8. The zero-order chi connectivity index (χ0) is 25.6. The minimum atomic E-state index is -3.85. The number of nitriles is 1. The zero-order valence-electron chi connectivity index (χ0n) is 20.3. The monoisotopic (exact) mass is 489 g/mol. The number of sulfonamides is 1. The number of rotatable bonds is 14. The van der Waals surface area contributed by atoms with Gasteiger partial charge in [0.15, 0.2) is 0 Å². The lowest BCUT2D eigenvalue weighted by atomic mass is 10.1. The third kappa shape index (κ3) is 10.8. The number of hydrogen-bond acceptors (Lipinski definition) is 6. The van der Waals surface area contributed by atoms with E-state index in [0.29, 0.717) is 31.4 Å². The Morgan fingerprint density at radius 3 is 2.32 bits per heavy atom. The second-order valence-electron chi connectivity index (χ2n) is 8.84. The molecule has 1 rings (SSSR count). The molecule has 0 bridgehead atoms. The molecule has 0 spiro atoms. The molecule has 186 valence electrons. The molecule has 1 amide bonds. The SMILES string of the molecule is C#CCCCN(CC#N)S(=O)(=O)c1ccc(C(=O)NCCCCCCC(=O)OC(C)(C)C)cc1. The first kappa shape index (κ1) is 29.2. The number of nitrogens with zero attached hydrogens (tertiary/aromatic N) is 2. The van der Waals surface area contributed by atoms with Crippen LogP contribution in [0.5, 0.6) is 0 Å². The molecule has 8 nitrogen and oxygen atoms in total. The first-order valence-corrected chi connectivity index (χ1v) is 12.9. The van der Waals surface area contributed by atoms with Gasteiger partial charge in [-0.25, -0.2) is 8.42 Å². The standard InChI is InChI=1S/C25H35N3O5S/c1-5-6-11-19-28(20-17-26)34(31,32)22-15-13-21(14-16-22)24(30)27-18-10-8-7-9-12-23(29)33-25(2,3)4/h1,13-16H,6-12,18-20H2,2-4H3,(H,27,30). The molecule has 0 aliphatic carbocycles. The van der Waals surface area contributed by atoms with E-state index in [-0.39, 0.29) is 29.9 Å². The minimum absolute atomic E-state index is 0.0185. The van der Waals surface area contributed by atoms with Crippen molar-refractivity contribution in [2.45, 2.75) is 76.2 Å². The van der Waals surface area contributed by atoms with Gasteiger partial charge in [0, 0.05) is 31.5 Å². The maximum Gasteiger partial charge on any atom is 0.306 e. The summed E-state index contributed by atoms with van der Waals surface area (Å²) in [6.45, 7) is 5.88. The molecule has 0 saturated carbocycles. The maximum atomic E-state index is 12.8. The van der Waals surface area contributed by atoms with Crippen LogP contribution in [0, 0.1) is 23.7 Å². The van der Waals surface area contributed by atoms with Crippen LogP contribution < -0.4 is 5.32 Å². The van der Waals surface area contributed by atoms with Crippen molar-refractivity contribution in [2.24, 2.45) is 0 Å². The van der Waals surface area contributed by atoms with Crippen molar-refractivity contribution in [1.29, 1.82) is 5.26 Å². The molecule has 0 radical (unpaired) electrons. The van der Waals surface area contributed by atoms with Crippen LogP contribution in [0.1, 0.15) is 76.1 Å². The fourth-order valence-corrected chi connectivity index (χ4v) is 4.47. The molecule has 0 unspecified atom stereocenters. The van der Waals surface area contributed by atoms with E-state index in [0.717, 1.165) is 30.0 Å². The number of hydrogen-bond donors (Lipinski definition) is 1. The molecule has 0 saturated heterocycles. The largest absolute Gasteiger partial charge is 0.460 e. The Kier molecular flexibility index (Phi) is 12.3. The Hall–Kier alpha value is -2.88. The average Bonchev–Trinajstić information content (AvgIpc) is 2.76. The lowest BCUT2D eigenvalue weighted by molar-refractivity contribution is -0.154. The molecule has 1 aromatic rings. The van der Waals surface area contributed by atoms with Crippen LogP contribution in [0.3, 0.4) is 0 Å². The second kappa shape index (κ2) is 14.4. The van der Waals surface area contributed by atoms with E-state index >= 15 is 0 Å². The average molecular weight is 490 g/mol. The van der Waals surface area contributed by atoms with E-state index in [9.17, 15) is 18.0 Å². The van der Waals surface area contributed by atoms with Gasteiger partial charge in [-0.15, -0.1) is 12.3 Å². The Morgan fingerprint density at radius 1 is 1.09 bits per heavy atom. The number of nitrogens with one attached hydrogen (secondary N) is 1. The molecule has 1 N–H and O–H groups in total. The van der Waals surface area contributed by atoms with E-state index in [1.165, 1.54) is 24.3 Å². The van der Waals surface area contributed by atoms with Gasteiger partial charge in [-0.3, -0.25) is 9.59 Å². The highest BCUT2D eigenvalue weighted by Crippen LogP contribution is 2.17. The Bertz CT molecular complexity index is 983. The molecule has 0 atom stereocenters.